The van der Waals surface area contributed by atoms with Gasteiger partial charge in [-0.05, 0) is 23.3 Å². The average Bonchev–Trinajstić information content (AvgIpc) is 2.93. The summed E-state index contributed by atoms with van der Waals surface area (Å²) in [6.45, 7) is 0.515. The molecule has 3 aromatic rings. The summed E-state index contributed by atoms with van der Waals surface area (Å²) < 4.78 is 0. The predicted octanol–water partition coefficient (Wildman–Crippen LogP) is 4.02. The molecule has 3 nitrogen and oxygen atoms in total. The van der Waals surface area contributed by atoms with Gasteiger partial charge in [0.1, 0.15) is 0 Å². The smallest absolute Gasteiger partial charge is 0.227 e. The summed E-state index contributed by atoms with van der Waals surface area (Å²) in [6, 6.07) is 15.6. The van der Waals surface area contributed by atoms with Gasteiger partial charge in [0.2, 0.25) is 5.91 Å². The Balaban J connectivity index is 1.73. The summed E-state index contributed by atoms with van der Waals surface area (Å²) in [6.07, 6.45) is 2.29. The van der Waals surface area contributed by atoms with Crippen LogP contribution in [-0.4, -0.2) is 22.8 Å². The van der Waals surface area contributed by atoms with Crippen molar-refractivity contribution in [1.82, 2.24) is 9.88 Å². The van der Waals surface area contributed by atoms with E-state index in [2.05, 4.69) is 4.98 Å². The van der Waals surface area contributed by atoms with Gasteiger partial charge in [0.25, 0.3) is 0 Å². The van der Waals surface area contributed by atoms with Crippen molar-refractivity contribution in [2.75, 3.05) is 7.05 Å². The summed E-state index contributed by atoms with van der Waals surface area (Å²) in [5, 5.41) is 1.79. The highest BCUT2D eigenvalue weighted by molar-refractivity contribution is 6.31. The molecule has 2 aromatic carbocycles. The number of amides is 1. The lowest BCUT2D eigenvalue weighted by molar-refractivity contribution is -0.129. The van der Waals surface area contributed by atoms with Gasteiger partial charge < -0.3 is 9.88 Å². The average molecular weight is 313 g/mol. The van der Waals surface area contributed by atoms with E-state index in [4.69, 9.17) is 11.6 Å². The van der Waals surface area contributed by atoms with Gasteiger partial charge >= 0.3 is 0 Å². The number of H-pyrrole nitrogens is 1. The summed E-state index contributed by atoms with van der Waals surface area (Å²) in [5.41, 5.74) is 3.03. The van der Waals surface area contributed by atoms with Crippen LogP contribution in [0.1, 0.15) is 11.1 Å². The van der Waals surface area contributed by atoms with Crippen LogP contribution in [0.5, 0.6) is 0 Å². The van der Waals surface area contributed by atoms with E-state index >= 15 is 0 Å². The number of carbonyl (C=O) groups excluding carboxylic acids is 1. The number of rotatable bonds is 4. The van der Waals surface area contributed by atoms with E-state index < -0.39 is 0 Å². The van der Waals surface area contributed by atoms with Crippen LogP contribution in [0, 0.1) is 0 Å². The number of para-hydroxylation sites is 1. The predicted molar refractivity (Wildman–Crippen MR) is 89.9 cm³/mol. The second-order valence-corrected chi connectivity index (χ2v) is 5.78. The molecule has 22 heavy (non-hydrogen) atoms. The third kappa shape index (κ3) is 3.00. The highest BCUT2D eigenvalue weighted by atomic mass is 35.5. The molecule has 112 valence electrons. The highest BCUT2D eigenvalue weighted by Crippen LogP contribution is 2.20. The number of carbonyl (C=O) groups is 1. The van der Waals surface area contributed by atoms with Gasteiger partial charge in [-0.1, -0.05) is 48.0 Å². The van der Waals surface area contributed by atoms with Gasteiger partial charge in [0.15, 0.2) is 0 Å². The standard InChI is InChI=1S/C18H17ClN2O/c1-21(12-13-6-2-4-8-16(13)19)18(22)10-14-11-20-17-9-5-3-7-15(14)17/h2-9,11,20H,10,12H2,1H3. The molecule has 1 aromatic heterocycles. The van der Waals surface area contributed by atoms with E-state index in [-0.39, 0.29) is 5.91 Å². The van der Waals surface area contributed by atoms with E-state index in [1.165, 1.54) is 0 Å². The fourth-order valence-corrected chi connectivity index (χ4v) is 2.74. The van der Waals surface area contributed by atoms with Gasteiger partial charge in [-0.2, -0.15) is 0 Å². The summed E-state index contributed by atoms with van der Waals surface area (Å²) in [5.74, 6) is 0.0738. The van der Waals surface area contributed by atoms with Crippen molar-refractivity contribution in [1.29, 1.82) is 0 Å². The molecule has 0 fully saturated rings. The van der Waals surface area contributed by atoms with Crippen LogP contribution in [0.3, 0.4) is 0 Å². The lowest BCUT2D eigenvalue weighted by Crippen LogP contribution is -2.27. The zero-order valence-electron chi connectivity index (χ0n) is 12.3. The van der Waals surface area contributed by atoms with Crippen molar-refractivity contribution >= 4 is 28.4 Å². The number of nitrogens with zero attached hydrogens (tertiary/aromatic N) is 1. The van der Waals surface area contributed by atoms with Crippen LogP contribution < -0.4 is 0 Å². The molecule has 0 aliphatic rings. The van der Waals surface area contributed by atoms with E-state index in [0.29, 0.717) is 18.0 Å². The number of hydrogen-bond donors (Lipinski definition) is 1. The number of nitrogens with one attached hydrogen (secondary N) is 1. The molecule has 0 atom stereocenters. The number of hydrogen-bond acceptors (Lipinski definition) is 1. The second-order valence-electron chi connectivity index (χ2n) is 5.38. The lowest BCUT2D eigenvalue weighted by Gasteiger charge is -2.18. The van der Waals surface area contributed by atoms with Crippen molar-refractivity contribution in [3.63, 3.8) is 0 Å². The van der Waals surface area contributed by atoms with E-state index in [1.807, 2.05) is 54.7 Å². The maximum atomic E-state index is 12.4. The molecule has 1 N–H and O–H groups in total. The Morgan fingerprint density at radius 3 is 2.64 bits per heavy atom. The minimum atomic E-state index is 0.0738. The summed E-state index contributed by atoms with van der Waals surface area (Å²) >= 11 is 6.15. The Morgan fingerprint density at radius 1 is 1.09 bits per heavy atom. The number of aromatic nitrogens is 1. The van der Waals surface area contributed by atoms with Gasteiger partial charge in [0.05, 0.1) is 6.42 Å². The molecule has 0 unspecified atom stereocenters. The van der Waals surface area contributed by atoms with Crippen molar-refractivity contribution < 1.29 is 4.79 Å². The Labute approximate surface area is 134 Å². The Hall–Kier alpha value is -2.26. The number of likely N-dealkylation sites (N-methyl/N-ethyl adjacent to an activating group) is 1. The monoisotopic (exact) mass is 312 g/mol. The Morgan fingerprint density at radius 2 is 1.82 bits per heavy atom. The van der Waals surface area contributed by atoms with Crippen LogP contribution in [0.4, 0.5) is 0 Å². The number of benzene rings is 2. The first-order chi connectivity index (χ1) is 10.6. The second kappa shape index (κ2) is 6.24. The van der Waals surface area contributed by atoms with Crippen LogP contribution in [-0.2, 0) is 17.8 Å². The molecule has 0 aliphatic heterocycles. The first kappa shape index (κ1) is 14.7. The highest BCUT2D eigenvalue weighted by Gasteiger charge is 2.14. The minimum Gasteiger partial charge on any atom is -0.361 e. The first-order valence-corrected chi connectivity index (χ1v) is 7.55. The third-order valence-corrected chi connectivity index (χ3v) is 4.18. The van der Waals surface area contributed by atoms with Crippen molar-refractivity contribution in [3.05, 3.63) is 70.9 Å². The lowest BCUT2D eigenvalue weighted by atomic mass is 10.1. The Kier molecular flexibility index (Phi) is 4.16. The van der Waals surface area contributed by atoms with Gasteiger partial charge in [-0.25, -0.2) is 0 Å². The van der Waals surface area contributed by atoms with Crippen molar-refractivity contribution in [2.45, 2.75) is 13.0 Å². The van der Waals surface area contributed by atoms with E-state index in [0.717, 1.165) is 22.0 Å². The number of halogens is 1. The zero-order chi connectivity index (χ0) is 15.5. The fourth-order valence-electron chi connectivity index (χ4n) is 2.55. The molecular weight excluding hydrogens is 296 g/mol. The number of aromatic amines is 1. The quantitative estimate of drug-likeness (QED) is 0.776. The minimum absolute atomic E-state index is 0.0738. The third-order valence-electron chi connectivity index (χ3n) is 3.81. The number of fused-ring (bicyclic) bond motifs is 1. The van der Waals surface area contributed by atoms with Crippen LogP contribution >= 0.6 is 11.6 Å². The molecule has 3 rings (SSSR count). The van der Waals surface area contributed by atoms with Crippen LogP contribution in [0.25, 0.3) is 10.9 Å². The van der Waals surface area contributed by atoms with Gasteiger partial charge in [-0.15, -0.1) is 0 Å². The molecule has 1 heterocycles. The molecule has 0 aliphatic carbocycles. The van der Waals surface area contributed by atoms with E-state index in [1.54, 1.807) is 11.9 Å². The van der Waals surface area contributed by atoms with Crippen LogP contribution in [0.15, 0.2) is 54.7 Å². The fraction of sp³-hybridized carbons (Fsp3) is 0.167. The molecule has 1 amide bonds. The maximum Gasteiger partial charge on any atom is 0.227 e. The normalized spacial score (nSPS) is 10.8. The SMILES string of the molecule is CN(Cc1ccccc1Cl)C(=O)Cc1c[nH]c2ccccc12. The molecule has 0 saturated carbocycles. The molecule has 0 spiro atoms. The largest absolute Gasteiger partial charge is 0.361 e. The topological polar surface area (TPSA) is 36.1 Å². The zero-order valence-corrected chi connectivity index (χ0v) is 13.1. The molecule has 4 heteroatoms. The summed E-state index contributed by atoms with van der Waals surface area (Å²) in [7, 11) is 1.81. The van der Waals surface area contributed by atoms with Gasteiger partial charge in [-0.3, -0.25) is 4.79 Å². The van der Waals surface area contributed by atoms with E-state index in [9.17, 15) is 4.79 Å². The molecule has 0 bridgehead atoms. The molecular formula is C18H17ClN2O. The van der Waals surface area contributed by atoms with Crippen molar-refractivity contribution in [2.24, 2.45) is 0 Å². The summed E-state index contributed by atoms with van der Waals surface area (Å²) in [4.78, 5) is 17.3. The first-order valence-electron chi connectivity index (χ1n) is 7.17. The Bertz CT molecular complexity index is 809. The van der Waals surface area contributed by atoms with Gasteiger partial charge in [0, 0.05) is 35.7 Å². The van der Waals surface area contributed by atoms with Crippen LogP contribution in [0.2, 0.25) is 5.02 Å². The maximum absolute atomic E-state index is 12.4. The molecule has 0 radical (unpaired) electrons. The molecule has 0 saturated heterocycles. The van der Waals surface area contributed by atoms with Crippen molar-refractivity contribution in [3.8, 4) is 0 Å².